The number of aliphatic hydroxyl groups is 1. The number of hydrogen-bond donors (Lipinski definition) is 2. The Balaban J connectivity index is 2.38. The molecular weight excluding hydrogens is 262 g/mol. The van der Waals surface area contributed by atoms with E-state index in [0.717, 1.165) is 5.56 Å². The highest BCUT2D eigenvalue weighted by Crippen LogP contribution is 2.30. The van der Waals surface area contributed by atoms with Gasteiger partial charge in [-0.25, -0.2) is 0 Å². The number of nitro benzene ring substituents is 1. The Bertz CT molecular complexity index is 532. The van der Waals surface area contributed by atoms with E-state index in [-0.39, 0.29) is 24.7 Å². The third kappa shape index (κ3) is 2.94. The first kappa shape index (κ1) is 14.4. The molecule has 108 valence electrons. The summed E-state index contributed by atoms with van der Waals surface area (Å²) in [6.45, 7) is 0.173. The number of nitrogens with two attached hydrogens (primary N) is 1. The summed E-state index contributed by atoms with van der Waals surface area (Å²) in [6, 6.07) is 4.44. The molecular formula is C13H17N3O4. The largest absolute Gasteiger partial charge is 0.390 e. The fraction of sp³-hybridized carbons (Fsp3) is 0.462. The predicted octanol–water partition coefficient (Wildman–Crippen LogP) is 0.584. The van der Waals surface area contributed by atoms with Crippen LogP contribution in [0.25, 0.3) is 0 Å². The summed E-state index contributed by atoms with van der Waals surface area (Å²) in [5.41, 5.74) is 6.78. The van der Waals surface area contributed by atoms with Gasteiger partial charge < -0.3 is 15.7 Å². The topological polar surface area (TPSA) is 110 Å². The molecule has 1 unspecified atom stereocenters. The lowest BCUT2D eigenvalue weighted by atomic mass is 10.1. The van der Waals surface area contributed by atoms with E-state index in [1.54, 1.807) is 6.07 Å². The van der Waals surface area contributed by atoms with Gasteiger partial charge in [0.25, 0.3) is 5.69 Å². The third-order valence-electron chi connectivity index (χ3n) is 3.37. The first-order valence-corrected chi connectivity index (χ1v) is 6.48. The van der Waals surface area contributed by atoms with E-state index in [2.05, 4.69) is 0 Å². The number of fused-ring (bicyclic) bond motifs is 1. The molecule has 0 spiro atoms. The molecule has 1 aromatic carbocycles. The first-order valence-electron chi connectivity index (χ1n) is 6.48. The summed E-state index contributed by atoms with van der Waals surface area (Å²) >= 11 is 0. The number of carbonyl (C=O) groups excluding carboxylic acids is 1. The number of nitrogens with zero attached hydrogens (tertiary/aromatic N) is 2. The Hall–Kier alpha value is -1.99. The van der Waals surface area contributed by atoms with Gasteiger partial charge in [-0.2, -0.15) is 0 Å². The van der Waals surface area contributed by atoms with Gasteiger partial charge in [0.15, 0.2) is 0 Å². The molecule has 0 aromatic heterocycles. The Morgan fingerprint density at radius 2 is 2.20 bits per heavy atom. The summed E-state index contributed by atoms with van der Waals surface area (Å²) in [5.74, 6) is -0.0925. The van der Waals surface area contributed by atoms with Crippen molar-refractivity contribution in [1.82, 2.24) is 0 Å². The Labute approximate surface area is 116 Å². The smallest absolute Gasteiger partial charge is 0.269 e. The number of nitro groups is 1. The number of amides is 1. The van der Waals surface area contributed by atoms with Crippen LogP contribution in [-0.4, -0.2) is 35.1 Å². The van der Waals surface area contributed by atoms with Crippen molar-refractivity contribution in [2.45, 2.75) is 25.4 Å². The highest BCUT2D eigenvalue weighted by molar-refractivity contribution is 5.95. The second kappa shape index (κ2) is 5.98. The van der Waals surface area contributed by atoms with Crippen LogP contribution in [0.4, 0.5) is 11.4 Å². The summed E-state index contributed by atoms with van der Waals surface area (Å²) in [4.78, 5) is 23.9. The molecule has 7 heteroatoms. The first-order chi connectivity index (χ1) is 9.52. The van der Waals surface area contributed by atoms with Gasteiger partial charge in [0.05, 0.1) is 17.6 Å². The molecule has 1 aliphatic rings. The number of anilines is 1. The van der Waals surface area contributed by atoms with Gasteiger partial charge in [0.2, 0.25) is 5.91 Å². The number of benzene rings is 1. The van der Waals surface area contributed by atoms with Crippen LogP contribution in [0.15, 0.2) is 18.2 Å². The molecule has 7 nitrogen and oxygen atoms in total. The third-order valence-corrected chi connectivity index (χ3v) is 3.37. The van der Waals surface area contributed by atoms with Crippen molar-refractivity contribution in [3.63, 3.8) is 0 Å². The maximum Gasteiger partial charge on any atom is 0.269 e. The quantitative estimate of drug-likeness (QED) is 0.619. The number of non-ortho nitro benzene ring substituents is 1. The van der Waals surface area contributed by atoms with E-state index in [0.29, 0.717) is 24.9 Å². The van der Waals surface area contributed by atoms with E-state index >= 15 is 0 Å². The molecule has 1 amide bonds. The highest BCUT2D eigenvalue weighted by Gasteiger charge is 2.25. The Morgan fingerprint density at radius 1 is 1.45 bits per heavy atom. The molecule has 0 saturated heterocycles. The van der Waals surface area contributed by atoms with Crippen molar-refractivity contribution < 1.29 is 14.8 Å². The molecule has 2 rings (SSSR count). The van der Waals surface area contributed by atoms with Crippen LogP contribution in [0.3, 0.4) is 0 Å². The van der Waals surface area contributed by atoms with E-state index in [4.69, 9.17) is 5.73 Å². The van der Waals surface area contributed by atoms with E-state index in [1.165, 1.54) is 17.0 Å². The average Bonchev–Trinajstić information content (AvgIpc) is 2.58. The molecule has 0 radical (unpaired) electrons. The molecule has 0 fully saturated rings. The predicted molar refractivity (Wildman–Crippen MR) is 73.4 cm³/mol. The van der Waals surface area contributed by atoms with Gasteiger partial charge in [-0.3, -0.25) is 14.9 Å². The number of β-amino-alcohol motifs (C(OH)–C–C–N with tert-alkyl or cyclic N) is 1. The second-order valence-electron chi connectivity index (χ2n) is 4.82. The molecule has 1 heterocycles. The van der Waals surface area contributed by atoms with Gasteiger partial charge in [0.1, 0.15) is 0 Å². The average molecular weight is 279 g/mol. The van der Waals surface area contributed by atoms with Gasteiger partial charge in [-0.05, 0) is 24.5 Å². The standard InChI is InChI=1S/C13H17N3O4/c14-7-11(17)8-15-12-5-4-10(16(19)20)6-9(12)2-1-3-13(15)18/h4-6,11,17H,1-3,7-8,14H2. The van der Waals surface area contributed by atoms with Crippen LogP contribution >= 0.6 is 0 Å². The van der Waals surface area contributed by atoms with Crippen molar-refractivity contribution in [2.75, 3.05) is 18.0 Å². The van der Waals surface area contributed by atoms with Crippen molar-refractivity contribution in [2.24, 2.45) is 5.73 Å². The summed E-state index contributed by atoms with van der Waals surface area (Å²) in [7, 11) is 0. The van der Waals surface area contributed by atoms with E-state index < -0.39 is 11.0 Å². The van der Waals surface area contributed by atoms with Crippen molar-refractivity contribution in [3.8, 4) is 0 Å². The molecule has 0 aliphatic carbocycles. The molecule has 1 aromatic rings. The van der Waals surface area contributed by atoms with Crippen LogP contribution in [0, 0.1) is 10.1 Å². The van der Waals surface area contributed by atoms with E-state index in [9.17, 15) is 20.0 Å². The van der Waals surface area contributed by atoms with Crippen LogP contribution in [0.2, 0.25) is 0 Å². The van der Waals surface area contributed by atoms with Crippen LogP contribution < -0.4 is 10.6 Å². The maximum atomic E-state index is 12.1. The van der Waals surface area contributed by atoms with E-state index in [1.807, 2.05) is 0 Å². The lowest BCUT2D eigenvalue weighted by Gasteiger charge is -2.25. The SMILES string of the molecule is NCC(O)CN1C(=O)CCCc2cc([N+](=O)[O-])ccc21. The molecule has 0 bridgehead atoms. The zero-order valence-electron chi connectivity index (χ0n) is 11.0. The minimum absolute atomic E-state index is 0.0115. The fourth-order valence-electron chi connectivity index (χ4n) is 2.33. The number of hydrogen-bond acceptors (Lipinski definition) is 5. The van der Waals surface area contributed by atoms with Crippen LogP contribution in [0.1, 0.15) is 18.4 Å². The van der Waals surface area contributed by atoms with Crippen molar-refractivity contribution in [3.05, 3.63) is 33.9 Å². The molecule has 1 atom stereocenters. The number of carbonyl (C=O) groups is 1. The van der Waals surface area contributed by atoms with Crippen molar-refractivity contribution >= 4 is 17.3 Å². The number of rotatable bonds is 4. The molecule has 1 aliphatic heterocycles. The molecule has 20 heavy (non-hydrogen) atoms. The zero-order chi connectivity index (χ0) is 14.7. The highest BCUT2D eigenvalue weighted by atomic mass is 16.6. The second-order valence-corrected chi connectivity index (χ2v) is 4.82. The van der Waals surface area contributed by atoms with Crippen LogP contribution in [-0.2, 0) is 11.2 Å². The Kier molecular flexibility index (Phi) is 4.31. The zero-order valence-corrected chi connectivity index (χ0v) is 11.0. The van der Waals surface area contributed by atoms with Gasteiger partial charge in [0, 0.05) is 30.8 Å². The molecule has 3 N–H and O–H groups in total. The van der Waals surface area contributed by atoms with Crippen LogP contribution in [0.5, 0.6) is 0 Å². The molecule has 0 saturated carbocycles. The normalized spacial score (nSPS) is 16.5. The van der Waals surface area contributed by atoms with Gasteiger partial charge in [-0.15, -0.1) is 0 Å². The van der Waals surface area contributed by atoms with Gasteiger partial charge >= 0.3 is 0 Å². The minimum Gasteiger partial charge on any atom is -0.390 e. The monoisotopic (exact) mass is 279 g/mol. The van der Waals surface area contributed by atoms with Gasteiger partial charge in [-0.1, -0.05) is 0 Å². The fourth-order valence-corrected chi connectivity index (χ4v) is 2.33. The summed E-state index contributed by atoms with van der Waals surface area (Å²) in [6.07, 6.45) is 0.806. The summed E-state index contributed by atoms with van der Waals surface area (Å²) < 4.78 is 0. The Morgan fingerprint density at radius 3 is 2.85 bits per heavy atom. The summed E-state index contributed by atoms with van der Waals surface area (Å²) in [5, 5.41) is 20.5. The number of aryl methyl sites for hydroxylation is 1. The number of aliphatic hydroxyl groups excluding tert-OH is 1. The minimum atomic E-state index is -0.805. The lowest BCUT2D eigenvalue weighted by molar-refractivity contribution is -0.384. The lowest BCUT2D eigenvalue weighted by Crippen LogP contribution is -2.40. The maximum absolute atomic E-state index is 12.1. The van der Waals surface area contributed by atoms with Crippen molar-refractivity contribution in [1.29, 1.82) is 0 Å².